The summed E-state index contributed by atoms with van der Waals surface area (Å²) in [7, 11) is 1.32. The highest BCUT2D eigenvalue weighted by atomic mass is 32.1. The Balaban J connectivity index is 1.58. The van der Waals surface area contributed by atoms with Gasteiger partial charge in [-0.25, -0.2) is 9.78 Å². The second-order valence-electron chi connectivity index (χ2n) is 4.94. The maximum Gasteiger partial charge on any atom is 0.411 e. The topological polar surface area (TPSA) is 60.5 Å². The van der Waals surface area contributed by atoms with Crippen molar-refractivity contribution in [3.63, 3.8) is 0 Å². The van der Waals surface area contributed by atoms with Crippen molar-refractivity contribution in [2.75, 3.05) is 12.4 Å². The maximum atomic E-state index is 11.1. The van der Waals surface area contributed by atoms with E-state index in [0.717, 1.165) is 16.3 Å². The Morgan fingerprint density at radius 3 is 2.58 bits per heavy atom. The number of carbonyl (C=O) groups excluding carboxylic acids is 1. The molecule has 0 saturated carbocycles. The van der Waals surface area contributed by atoms with E-state index in [1.165, 1.54) is 7.11 Å². The first-order valence-corrected chi connectivity index (χ1v) is 8.20. The van der Waals surface area contributed by atoms with E-state index in [-0.39, 0.29) is 0 Å². The van der Waals surface area contributed by atoms with Gasteiger partial charge in [0.1, 0.15) is 17.4 Å². The predicted octanol–water partition coefficient (Wildman–Crippen LogP) is 4.57. The van der Waals surface area contributed by atoms with E-state index in [1.807, 2.05) is 35.7 Å². The molecule has 6 heteroatoms. The van der Waals surface area contributed by atoms with Crippen molar-refractivity contribution in [1.29, 1.82) is 0 Å². The highest BCUT2D eigenvalue weighted by Gasteiger charge is 2.05. The molecule has 1 N–H and O–H groups in total. The molecule has 0 atom stereocenters. The first-order chi connectivity index (χ1) is 11.7. The molecule has 0 bridgehead atoms. The summed E-state index contributed by atoms with van der Waals surface area (Å²) in [6, 6.07) is 17.1. The minimum absolute atomic E-state index is 0.396. The van der Waals surface area contributed by atoms with Crippen molar-refractivity contribution in [3.8, 4) is 16.3 Å². The molecule has 1 aromatic heterocycles. The number of rotatable bonds is 5. The Morgan fingerprint density at radius 1 is 1.12 bits per heavy atom. The summed E-state index contributed by atoms with van der Waals surface area (Å²) in [5.41, 5.74) is 2.64. The van der Waals surface area contributed by atoms with Crippen LogP contribution >= 0.6 is 11.3 Å². The van der Waals surface area contributed by atoms with Crippen molar-refractivity contribution in [1.82, 2.24) is 4.98 Å². The SMILES string of the molecule is COC(=O)Nc1ccc(OCc2csc(-c3ccccc3)n2)cc1. The Morgan fingerprint density at radius 2 is 1.88 bits per heavy atom. The van der Waals surface area contributed by atoms with Crippen LogP contribution < -0.4 is 10.1 Å². The van der Waals surface area contributed by atoms with Crippen LogP contribution in [0.4, 0.5) is 10.5 Å². The zero-order valence-corrected chi connectivity index (χ0v) is 13.9. The minimum Gasteiger partial charge on any atom is -0.487 e. The molecule has 0 aliphatic carbocycles. The number of anilines is 1. The van der Waals surface area contributed by atoms with Gasteiger partial charge in [-0.1, -0.05) is 30.3 Å². The van der Waals surface area contributed by atoms with Crippen molar-refractivity contribution < 1.29 is 14.3 Å². The number of aromatic nitrogens is 1. The van der Waals surface area contributed by atoms with Gasteiger partial charge in [-0.15, -0.1) is 11.3 Å². The number of thiazole rings is 1. The molecule has 0 fully saturated rings. The third-order valence-electron chi connectivity index (χ3n) is 3.25. The number of hydrogen-bond acceptors (Lipinski definition) is 5. The Bertz CT molecular complexity index is 801. The molecule has 3 rings (SSSR count). The van der Waals surface area contributed by atoms with Gasteiger partial charge >= 0.3 is 6.09 Å². The molecule has 24 heavy (non-hydrogen) atoms. The number of ether oxygens (including phenoxy) is 2. The van der Waals surface area contributed by atoms with Gasteiger partial charge in [0.05, 0.1) is 12.8 Å². The minimum atomic E-state index is -0.500. The third kappa shape index (κ3) is 4.11. The molecule has 3 aromatic rings. The standard InChI is InChI=1S/C18H16N2O3S/c1-22-18(21)20-14-7-9-16(10-8-14)23-11-15-12-24-17(19-15)13-5-3-2-4-6-13/h2-10,12H,11H2,1H3,(H,20,21). The van der Waals surface area contributed by atoms with E-state index in [0.29, 0.717) is 18.0 Å². The molecule has 0 saturated heterocycles. The van der Waals surface area contributed by atoms with Gasteiger partial charge in [0.15, 0.2) is 0 Å². The quantitative estimate of drug-likeness (QED) is 0.739. The van der Waals surface area contributed by atoms with E-state index in [1.54, 1.807) is 35.6 Å². The van der Waals surface area contributed by atoms with Crippen LogP contribution in [0, 0.1) is 0 Å². The van der Waals surface area contributed by atoms with Gasteiger partial charge in [0.2, 0.25) is 0 Å². The molecule has 0 radical (unpaired) electrons. The van der Waals surface area contributed by atoms with Crippen LogP contribution in [0.3, 0.4) is 0 Å². The van der Waals surface area contributed by atoms with E-state index < -0.39 is 6.09 Å². The van der Waals surface area contributed by atoms with Gasteiger partial charge < -0.3 is 9.47 Å². The monoisotopic (exact) mass is 340 g/mol. The van der Waals surface area contributed by atoms with Crippen LogP contribution in [0.1, 0.15) is 5.69 Å². The van der Waals surface area contributed by atoms with Crippen LogP contribution in [0.15, 0.2) is 60.0 Å². The predicted molar refractivity (Wildman–Crippen MR) is 94.4 cm³/mol. The highest BCUT2D eigenvalue weighted by Crippen LogP contribution is 2.24. The van der Waals surface area contributed by atoms with Gasteiger partial charge in [-0.2, -0.15) is 0 Å². The smallest absolute Gasteiger partial charge is 0.411 e. The number of nitrogens with one attached hydrogen (secondary N) is 1. The lowest BCUT2D eigenvalue weighted by Crippen LogP contribution is -2.10. The first kappa shape index (κ1) is 16.0. The molecule has 0 aliphatic rings. The zero-order valence-electron chi connectivity index (χ0n) is 13.1. The lowest BCUT2D eigenvalue weighted by molar-refractivity contribution is 0.187. The van der Waals surface area contributed by atoms with E-state index in [2.05, 4.69) is 15.0 Å². The molecule has 1 heterocycles. The van der Waals surface area contributed by atoms with Gasteiger partial charge in [0, 0.05) is 16.6 Å². The van der Waals surface area contributed by atoms with Crippen molar-refractivity contribution in [2.24, 2.45) is 0 Å². The molecule has 0 unspecified atom stereocenters. The van der Waals surface area contributed by atoms with Gasteiger partial charge in [0.25, 0.3) is 0 Å². The molecule has 0 aliphatic heterocycles. The van der Waals surface area contributed by atoms with Crippen LogP contribution in [-0.2, 0) is 11.3 Å². The summed E-state index contributed by atoms with van der Waals surface area (Å²) in [5, 5.41) is 5.56. The average molecular weight is 340 g/mol. The number of nitrogens with zero attached hydrogens (tertiary/aromatic N) is 1. The van der Waals surface area contributed by atoms with Gasteiger partial charge in [-0.05, 0) is 24.3 Å². The van der Waals surface area contributed by atoms with Crippen LogP contribution in [0.5, 0.6) is 5.75 Å². The Kier molecular flexibility index (Phi) is 5.08. The molecule has 5 nitrogen and oxygen atoms in total. The fourth-order valence-corrected chi connectivity index (χ4v) is 2.86. The molecule has 1 amide bonds. The van der Waals surface area contributed by atoms with Crippen molar-refractivity contribution in [3.05, 3.63) is 65.7 Å². The number of amides is 1. The van der Waals surface area contributed by atoms with Crippen LogP contribution in [0.2, 0.25) is 0 Å². The number of benzene rings is 2. The van der Waals surface area contributed by atoms with Crippen molar-refractivity contribution >= 4 is 23.1 Å². The second kappa shape index (κ2) is 7.61. The summed E-state index contributed by atoms with van der Waals surface area (Å²) in [6.45, 7) is 0.396. The van der Waals surface area contributed by atoms with E-state index >= 15 is 0 Å². The number of hydrogen-bond donors (Lipinski definition) is 1. The Hall–Kier alpha value is -2.86. The van der Waals surface area contributed by atoms with Crippen molar-refractivity contribution in [2.45, 2.75) is 6.61 Å². The molecule has 0 spiro atoms. The summed E-state index contributed by atoms with van der Waals surface area (Å²) < 4.78 is 10.3. The highest BCUT2D eigenvalue weighted by molar-refractivity contribution is 7.13. The number of carbonyl (C=O) groups is 1. The molecular formula is C18H16N2O3S. The third-order valence-corrected chi connectivity index (χ3v) is 4.19. The molecule has 2 aromatic carbocycles. The number of methoxy groups -OCH3 is 1. The normalized spacial score (nSPS) is 10.2. The fourth-order valence-electron chi connectivity index (χ4n) is 2.05. The Labute approximate surface area is 143 Å². The van der Waals surface area contributed by atoms with Crippen LogP contribution in [0.25, 0.3) is 10.6 Å². The fraction of sp³-hybridized carbons (Fsp3) is 0.111. The summed E-state index contributed by atoms with van der Waals surface area (Å²) in [5.74, 6) is 0.708. The van der Waals surface area contributed by atoms with Crippen LogP contribution in [-0.4, -0.2) is 18.2 Å². The van der Waals surface area contributed by atoms with Gasteiger partial charge in [-0.3, -0.25) is 5.32 Å². The van der Waals surface area contributed by atoms with E-state index in [9.17, 15) is 4.79 Å². The largest absolute Gasteiger partial charge is 0.487 e. The summed E-state index contributed by atoms with van der Waals surface area (Å²) in [4.78, 5) is 15.7. The average Bonchev–Trinajstić information content (AvgIpc) is 3.11. The first-order valence-electron chi connectivity index (χ1n) is 7.32. The van der Waals surface area contributed by atoms with E-state index in [4.69, 9.17) is 4.74 Å². The summed E-state index contributed by atoms with van der Waals surface area (Å²) in [6.07, 6.45) is -0.500. The summed E-state index contributed by atoms with van der Waals surface area (Å²) >= 11 is 1.60. The second-order valence-corrected chi connectivity index (χ2v) is 5.80. The lowest BCUT2D eigenvalue weighted by Gasteiger charge is -2.06. The molecular weight excluding hydrogens is 324 g/mol. The zero-order chi connectivity index (χ0) is 16.8. The maximum absolute atomic E-state index is 11.1. The lowest BCUT2D eigenvalue weighted by atomic mass is 10.2. The molecule has 122 valence electrons.